The first-order valence-electron chi connectivity index (χ1n) is 5.78. The van der Waals surface area contributed by atoms with Crippen molar-refractivity contribution in [2.75, 3.05) is 24.5 Å². The number of aromatic nitrogens is 1. The number of hydrogen-bond acceptors (Lipinski definition) is 5. The van der Waals surface area contributed by atoms with Crippen molar-refractivity contribution in [3.63, 3.8) is 0 Å². The Hall–Kier alpha value is -2.84. The monoisotopic (exact) mass is 297 g/mol. The fourth-order valence-electron chi connectivity index (χ4n) is 2.27. The minimum atomic E-state index is -1.49. The molecule has 1 aliphatic heterocycles. The fraction of sp³-hybridized carbons (Fsp3) is 0.167. The van der Waals surface area contributed by atoms with E-state index in [4.69, 9.17) is 15.6 Å². The molecule has 0 bridgehead atoms. The molecule has 3 N–H and O–H groups in total. The molecule has 1 aromatic carbocycles. The standard InChI is InChI=1S/C12H9F2N3O4/c1-16-3-21-11-7(14)6(13)8(15)5-9(11)17(16)2-4(10(5)18)12(19)20/h2H,3,15H2,1H3,(H,19,20). The van der Waals surface area contributed by atoms with Crippen molar-refractivity contribution < 1.29 is 23.4 Å². The Morgan fingerprint density at radius 2 is 2.10 bits per heavy atom. The minimum absolute atomic E-state index is 0.102. The van der Waals surface area contributed by atoms with E-state index in [0.29, 0.717) is 0 Å². The molecule has 3 rings (SSSR count). The van der Waals surface area contributed by atoms with E-state index in [9.17, 15) is 18.4 Å². The number of benzene rings is 1. The van der Waals surface area contributed by atoms with Crippen LogP contribution in [0.3, 0.4) is 0 Å². The number of pyridine rings is 1. The second-order valence-electron chi connectivity index (χ2n) is 4.55. The summed E-state index contributed by atoms with van der Waals surface area (Å²) in [7, 11) is 1.52. The van der Waals surface area contributed by atoms with Gasteiger partial charge in [-0.05, 0) is 0 Å². The van der Waals surface area contributed by atoms with Crippen molar-refractivity contribution in [2.24, 2.45) is 0 Å². The number of carbonyl (C=O) groups is 1. The molecular formula is C12H9F2N3O4. The van der Waals surface area contributed by atoms with E-state index < -0.39 is 45.4 Å². The van der Waals surface area contributed by atoms with E-state index in [-0.39, 0.29) is 12.2 Å². The zero-order valence-electron chi connectivity index (χ0n) is 10.7. The number of aromatic carboxylic acids is 1. The van der Waals surface area contributed by atoms with Gasteiger partial charge in [-0.15, -0.1) is 0 Å². The third-order valence-electron chi connectivity index (χ3n) is 3.30. The minimum Gasteiger partial charge on any atom is -0.477 e. The second kappa shape index (κ2) is 4.08. The van der Waals surface area contributed by atoms with Gasteiger partial charge in [0.2, 0.25) is 11.2 Å². The lowest BCUT2D eigenvalue weighted by Gasteiger charge is -2.31. The predicted molar refractivity (Wildman–Crippen MR) is 69.1 cm³/mol. The Kier molecular flexibility index (Phi) is 2.55. The normalized spacial score (nSPS) is 13.4. The number of nitrogens with two attached hydrogens (primary N) is 1. The van der Waals surface area contributed by atoms with Gasteiger partial charge in [0.15, 0.2) is 18.3 Å². The smallest absolute Gasteiger partial charge is 0.341 e. The summed E-state index contributed by atoms with van der Waals surface area (Å²) in [5.74, 6) is -4.71. The number of carboxylic acids is 1. The van der Waals surface area contributed by atoms with Crippen molar-refractivity contribution in [3.8, 4) is 5.75 Å². The first-order chi connectivity index (χ1) is 9.84. The van der Waals surface area contributed by atoms with E-state index in [1.807, 2.05) is 0 Å². The van der Waals surface area contributed by atoms with E-state index in [2.05, 4.69) is 0 Å². The molecule has 0 saturated heterocycles. The number of carboxylic acid groups (broad SMARTS) is 1. The molecule has 0 unspecified atom stereocenters. The largest absolute Gasteiger partial charge is 0.477 e. The molecule has 21 heavy (non-hydrogen) atoms. The van der Waals surface area contributed by atoms with Gasteiger partial charge in [0.25, 0.3) is 0 Å². The van der Waals surface area contributed by atoms with Crippen LogP contribution in [0.1, 0.15) is 10.4 Å². The zero-order chi connectivity index (χ0) is 15.5. The first kappa shape index (κ1) is 13.2. The summed E-state index contributed by atoms with van der Waals surface area (Å²) in [6.07, 6.45) is 1.02. The zero-order valence-corrected chi connectivity index (χ0v) is 10.7. The van der Waals surface area contributed by atoms with Crippen LogP contribution in [0.15, 0.2) is 11.0 Å². The van der Waals surface area contributed by atoms with Crippen LogP contribution >= 0.6 is 0 Å². The van der Waals surface area contributed by atoms with Gasteiger partial charge in [-0.2, -0.15) is 4.39 Å². The maximum Gasteiger partial charge on any atom is 0.341 e. The molecule has 0 spiro atoms. The van der Waals surface area contributed by atoms with Crippen LogP contribution in [0.4, 0.5) is 14.5 Å². The van der Waals surface area contributed by atoms with E-state index >= 15 is 0 Å². The second-order valence-corrected chi connectivity index (χ2v) is 4.55. The molecule has 0 saturated carbocycles. The van der Waals surface area contributed by atoms with E-state index in [0.717, 1.165) is 6.20 Å². The summed E-state index contributed by atoms with van der Waals surface area (Å²) in [5, 5.41) is 10.0. The highest BCUT2D eigenvalue weighted by atomic mass is 19.2. The number of hydrogen-bond donors (Lipinski definition) is 2. The summed E-state index contributed by atoms with van der Waals surface area (Å²) in [6.45, 7) is -0.149. The lowest BCUT2D eigenvalue weighted by atomic mass is 10.1. The van der Waals surface area contributed by atoms with Crippen molar-refractivity contribution >= 4 is 22.6 Å². The number of nitrogens with zero attached hydrogens (tertiary/aromatic N) is 2. The molecule has 7 nitrogen and oxygen atoms in total. The van der Waals surface area contributed by atoms with Crippen molar-refractivity contribution in [1.82, 2.24) is 4.68 Å². The van der Waals surface area contributed by atoms with Gasteiger partial charge in [0, 0.05) is 13.2 Å². The summed E-state index contributed by atoms with van der Waals surface area (Å²) in [5.41, 5.74) is 3.02. The Balaban J connectivity index is 2.64. The summed E-state index contributed by atoms with van der Waals surface area (Å²) >= 11 is 0. The number of anilines is 1. The molecule has 2 heterocycles. The maximum atomic E-state index is 13.9. The van der Waals surface area contributed by atoms with Gasteiger partial charge in [-0.3, -0.25) is 14.5 Å². The van der Waals surface area contributed by atoms with Gasteiger partial charge in [0.05, 0.1) is 11.1 Å². The van der Waals surface area contributed by atoms with Crippen LogP contribution in [0, 0.1) is 11.6 Å². The van der Waals surface area contributed by atoms with Crippen LogP contribution in [0.5, 0.6) is 5.75 Å². The Bertz CT molecular complexity index is 862. The van der Waals surface area contributed by atoms with Crippen LogP contribution in [0.2, 0.25) is 0 Å². The Morgan fingerprint density at radius 3 is 2.71 bits per heavy atom. The van der Waals surface area contributed by atoms with Crippen LogP contribution < -0.4 is 20.9 Å². The third kappa shape index (κ3) is 1.57. The SMILES string of the molecule is CN1COc2c(F)c(F)c(N)c3c(=O)c(C(=O)O)cn1c23. The topological polar surface area (TPSA) is 97.8 Å². The fourth-order valence-corrected chi connectivity index (χ4v) is 2.27. The molecule has 1 aromatic heterocycles. The molecule has 0 amide bonds. The highest BCUT2D eigenvalue weighted by Crippen LogP contribution is 2.36. The van der Waals surface area contributed by atoms with Gasteiger partial charge in [-0.25, -0.2) is 9.18 Å². The van der Waals surface area contributed by atoms with Gasteiger partial charge in [0.1, 0.15) is 11.1 Å². The lowest BCUT2D eigenvalue weighted by Crippen LogP contribution is -2.40. The molecule has 0 radical (unpaired) electrons. The molecular weight excluding hydrogens is 288 g/mol. The molecule has 110 valence electrons. The summed E-state index contributed by atoms with van der Waals surface area (Å²) in [4.78, 5) is 23.3. The molecule has 9 heteroatoms. The van der Waals surface area contributed by atoms with Crippen LogP contribution in [-0.2, 0) is 0 Å². The molecule has 1 aliphatic rings. The van der Waals surface area contributed by atoms with E-state index in [1.165, 1.54) is 16.7 Å². The molecule has 0 fully saturated rings. The Labute approximate surface area is 115 Å². The molecule has 0 aliphatic carbocycles. The van der Waals surface area contributed by atoms with Gasteiger partial charge >= 0.3 is 5.97 Å². The lowest BCUT2D eigenvalue weighted by molar-refractivity contribution is 0.0694. The highest BCUT2D eigenvalue weighted by Gasteiger charge is 2.29. The highest BCUT2D eigenvalue weighted by molar-refractivity contribution is 6.00. The first-order valence-corrected chi connectivity index (χ1v) is 5.78. The van der Waals surface area contributed by atoms with Gasteiger partial charge in [-0.1, -0.05) is 0 Å². The maximum absolute atomic E-state index is 13.9. The summed E-state index contributed by atoms with van der Waals surface area (Å²) in [6, 6.07) is 0. The summed E-state index contributed by atoms with van der Waals surface area (Å²) < 4.78 is 34.0. The number of rotatable bonds is 1. The molecule has 0 atom stereocenters. The van der Waals surface area contributed by atoms with Crippen molar-refractivity contribution in [1.29, 1.82) is 0 Å². The average molecular weight is 297 g/mol. The number of ether oxygens (including phenoxy) is 1. The third-order valence-corrected chi connectivity index (χ3v) is 3.30. The predicted octanol–water partition coefficient (Wildman–Crippen LogP) is 0.478. The van der Waals surface area contributed by atoms with Crippen molar-refractivity contribution in [2.45, 2.75) is 0 Å². The van der Waals surface area contributed by atoms with Crippen LogP contribution in [0.25, 0.3) is 10.9 Å². The quantitative estimate of drug-likeness (QED) is 0.743. The average Bonchev–Trinajstić information content (AvgIpc) is 2.43. The van der Waals surface area contributed by atoms with Crippen molar-refractivity contribution in [3.05, 3.63) is 33.6 Å². The number of nitrogen functional groups attached to an aromatic ring is 1. The van der Waals surface area contributed by atoms with Crippen LogP contribution in [-0.4, -0.2) is 29.5 Å². The van der Waals surface area contributed by atoms with Gasteiger partial charge < -0.3 is 15.6 Å². The van der Waals surface area contributed by atoms with E-state index in [1.54, 1.807) is 0 Å². The Morgan fingerprint density at radius 1 is 1.43 bits per heavy atom. The molecule has 2 aromatic rings. The number of halogens is 2.